The molecule has 7 heteroatoms. The number of nitrogens with zero attached hydrogens (tertiary/aromatic N) is 3. The molecule has 6 nitrogen and oxygen atoms in total. The van der Waals surface area contributed by atoms with Gasteiger partial charge in [-0.2, -0.15) is 0 Å². The molecule has 0 aliphatic carbocycles. The molecule has 0 saturated heterocycles. The van der Waals surface area contributed by atoms with Gasteiger partial charge in [-0.15, -0.1) is 11.8 Å². The van der Waals surface area contributed by atoms with Crippen LogP contribution >= 0.6 is 11.8 Å². The van der Waals surface area contributed by atoms with Gasteiger partial charge in [-0.1, -0.05) is 0 Å². The maximum absolute atomic E-state index is 12.2. The van der Waals surface area contributed by atoms with Crippen LogP contribution in [0.5, 0.6) is 0 Å². The number of rotatable bonds is 4. The first-order chi connectivity index (χ1) is 9.11. The summed E-state index contributed by atoms with van der Waals surface area (Å²) >= 11 is 1.44. The lowest BCUT2D eigenvalue weighted by Gasteiger charge is -2.10. The van der Waals surface area contributed by atoms with Crippen molar-refractivity contribution < 1.29 is 4.79 Å². The van der Waals surface area contributed by atoms with E-state index in [2.05, 4.69) is 25.3 Å². The smallest absolute Gasteiger partial charge is 0.256 e. The Morgan fingerprint density at radius 3 is 2.84 bits per heavy atom. The number of nitrogens with one attached hydrogen (secondary N) is 2. The lowest BCUT2D eigenvalue weighted by molar-refractivity contribution is 0.0945. The molecule has 2 aromatic rings. The normalized spacial score (nSPS) is 10.5. The number of aromatic amines is 1. The van der Waals surface area contributed by atoms with Gasteiger partial charge >= 0.3 is 0 Å². The molecule has 2 aromatic heterocycles. The molecule has 0 unspecified atom stereocenters. The third kappa shape index (κ3) is 3.11. The van der Waals surface area contributed by atoms with Crippen molar-refractivity contribution in [1.29, 1.82) is 0 Å². The number of aromatic nitrogens is 4. The topological polar surface area (TPSA) is 83.6 Å². The van der Waals surface area contributed by atoms with E-state index in [0.717, 1.165) is 5.69 Å². The summed E-state index contributed by atoms with van der Waals surface area (Å²) in [6, 6.07) is 0. The molecule has 0 aliphatic heterocycles. The monoisotopic (exact) mass is 277 g/mol. The number of carbonyl (C=O) groups excluding carboxylic acids is 1. The number of carbonyl (C=O) groups is 1. The summed E-state index contributed by atoms with van der Waals surface area (Å²) in [4.78, 5) is 27.6. The molecule has 0 bridgehead atoms. The van der Waals surface area contributed by atoms with Crippen molar-refractivity contribution in [2.45, 2.75) is 25.4 Å². The van der Waals surface area contributed by atoms with E-state index in [1.807, 2.05) is 20.1 Å². The predicted molar refractivity (Wildman–Crippen MR) is 73.0 cm³/mol. The van der Waals surface area contributed by atoms with E-state index >= 15 is 0 Å². The van der Waals surface area contributed by atoms with Gasteiger partial charge in [0.25, 0.3) is 5.91 Å². The van der Waals surface area contributed by atoms with Crippen LogP contribution < -0.4 is 5.32 Å². The minimum atomic E-state index is -0.170. The summed E-state index contributed by atoms with van der Waals surface area (Å²) in [6.45, 7) is 4.04. The van der Waals surface area contributed by atoms with Crippen LogP contribution in [0, 0.1) is 13.8 Å². The Labute approximate surface area is 115 Å². The van der Waals surface area contributed by atoms with Crippen LogP contribution in [-0.2, 0) is 6.54 Å². The molecule has 0 saturated carbocycles. The van der Waals surface area contributed by atoms with Gasteiger partial charge < -0.3 is 10.3 Å². The average Bonchev–Trinajstić information content (AvgIpc) is 2.88. The first kappa shape index (κ1) is 13.5. The lowest BCUT2D eigenvalue weighted by Crippen LogP contribution is -2.25. The minimum Gasteiger partial charge on any atom is -0.347 e. The van der Waals surface area contributed by atoms with Gasteiger partial charge in [0.1, 0.15) is 10.9 Å². The number of hydrogen-bond donors (Lipinski definition) is 2. The van der Waals surface area contributed by atoms with Crippen molar-refractivity contribution in [3.8, 4) is 0 Å². The number of H-pyrrole nitrogens is 1. The van der Waals surface area contributed by atoms with E-state index in [9.17, 15) is 4.79 Å². The molecule has 0 fully saturated rings. The molecule has 2 N–H and O–H groups in total. The Balaban J connectivity index is 2.18. The van der Waals surface area contributed by atoms with Gasteiger partial charge in [0.15, 0.2) is 0 Å². The first-order valence-electron chi connectivity index (χ1n) is 5.76. The molecule has 19 heavy (non-hydrogen) atoms. The fourth-order valence-electron chi connectivity index (χ4n) is 1.74. The fraction of sp³-hybridized carbons (Fsp3) is 0.333. The van der Waals surface area contributed by atoms with Crippen molar-refractivity contribution in [2.24, 2.45) is 0 Å². The Bertz CT molecular complexity index is 582. The summed E-state index contributed by atoms with van der Waals surface area (Å²) in [6.07, 6.45) is 5.15. The molecule has 2 heterocycles. The number of thioether (sulfide) groups is 1. The molecule has 0 spiro atoms. The number of amides is 1. The van der Waals surface area contributed by atoms with Gasteiger partial charge in [0, 0.05) is 6.20 Å². The fourth-order valence-corrected chi connectivity index (χ4v) is 2.40. The Morgan fingerprint density at radius 1 is 1.42 bits per heavy atom. The second-order valence-electron chi connectivity index (χ2n) is 4.00. The number of imidazole rings is 1. The largest absolute Gasteiger partial charge is 0.347 e. The molecule has 0 aromatic carbocycles. The highest BCUT2D eigenvalue weighted by atomic mass is 32.2. The number of aryl methyl sites for hydroxylation is 2. The third-order valence-electron chi connectivity index (χ3n) is 2.58. The van der Waals surface area contributed by atoms with Gasteiger partial charge in [-0.05, 0) is 20.1 Å². The molecule has 2 rings (SSSR count). The van der Waals surface area contributed by atoms with Crippen molar-refractivity contribution in [1.82, 2.24) is 25.3 Å². The second kappa shape index (κ2) is 5.83. The zero-order valence-corrected chi connectivity index (χ0v) is 11.8. The van der Waals surface area contributed by atoms with Crippen LogP contribution in [-0.4, -0.2) is 32.1 Å². The number of hydrogen-bond acceptors (Lipinski definition) is 5. The zero-order chi connectivity index (χ0) is 13.8. The van der Waals surface area contributed by atoms with Gasteiger partial charge in [-0.3, -0.25) is 4.79 Å². The van der Waals surface area contributed by atoms with E-state index in [1.165, 1.54) is 11.8 Å². The van der Waals surface area contributed by atoms with Crippen molar-refractivity contribution >= 4 is 17.7 Å². The predicted octanol–water partition coefficient (Wildman–Crippen LogP) is 1.47. The SMILES string of the molecule is CSc1nc(C)nc(C)c1C(=O)NCc1cnc[nH]1. The standard InChI is InChI=1S/C12H15N5OS/c1-7-10(12(19-3)17-8(2)16-7)11(18)14-5-9-4-13-6-15-9/h4,6H,5H2,1-3H3,(H,13,15)(H,14,18). The maximum Gasteiger partial charge on any atom is 0.256 e. The molecule has 1 amide bonds. The average molecular weight is 277 g/mol. The van der Waals surface area contributed by atoms with Crippen molar-refractivity contribution in [3.05, 3.63) is 35.3 Å². The van der Waals surface area contributed by atoms with Crippen LogP contribution in [0.3, 0.4) is 0 Å². The quantitative estimate of drug-likeness (QED) is 0.653. The van der Waals surface area contributed by atoms with Crippen molar-refractivity contribution in [2.75, 3.05) is 6.26 Å². The molecule has 0 atom stereocenters. The van der Waals surface area contributed by atoms with Gasteiger partial charge in [-0.25, -0.2) is 15.0 Å². The van der Waals surface area contributed by atoms with E-state index in [-0.39, 0.29) is 5.91 Å². The van der Waals surface area contributed by atoms with E-state index in [1.54, 1.807) is 12.5 Å². The minimum absolute atomic E-state index is 0.170. The Kier molecular flexibility index (Phi) is 4.16. The highest BCUT2D eigenvalue weighted by Gasteiger charge is 2.17. The first-order valence-corrected chi connectivity index (χ1v) is 6.99. The van der Waals surface area contributed by atoms with Crippen LogP contribution in [0.2, 0.25) is 0 Å². The van der Waals surface area contributed by atoms with Crippen LogP contribution in [0.15, 0.2) is 17.6 Å². The third-order valence-corrected chi connectivity index (χ3v) is 3.27. The Morgan fingerprint density at radius 2 is 2.21 bits per heavy atom. The van der Waals surface area contributed by atoms with Crippen LogP contribution in [0.4, 0.5) is 0 Å². The molecule has 0 aliphatic rings. The molecular weight excluding hydrogens is 262 g/mol. The summed E-state index contributed by atoms with van der Waals surface area (Å²) in [7, 11) is 0. The molecule has 0 radical (unpaired) electrons. The summed E-state index contributed by atoms with van der Waals surface area (Å²) < 4.78 is 0. The highest BCUT2D eigenvalue weighted by molar-refractivity contribution is 7.98. The van der Waals surface area contributed by atoms with Crippen molar-refractivity contribution in [3.63, 3.8) is 0 Å². The second-order valence-corrected chi connectivity index (χ2v) is 4.79. The van der Waals surface area contributed by atoms with E-state index < -0.39 is 0 Å². The van der Waals surface area contributed by atoms with Crippen LogP contribution in [0.25, 0.3) is 0 Å². The van der Waals surface area contributed by atoms with E-state index in [0.29, 0.717) is 28.7 Å². The molecule has 100 valence electrons. The van der Waals surface area contributed by atoms with Crippen LogP contribution in [0.1, 0.15) is 27.6 Å². The highest BCUT2D eigenvalue weighted by Crippen LogP contribution is 2.20. The van der Waals surface area contributed by atoms with Gasteiger partial charge in [0.05, 0.1) is 29.8 Å². The molecular formula is C12H15N5OS. The van der Waals surface area contributed by atoms with Gasteiger partial charge in [0.2, 0.25) is 0 Å². The Hall–Kier alpha value is -1.89. The zero-order valence-electron chi connectivity index (χ0n) is 11.0. The summed E-state index contributed by atoms with van der Waals surface area (Å²) in [5, 5.41) is 3.53. The lowest BCUT2D eigenvalue weighted by atomic mass is 10.2. The van der Waals surface area contributed by atoms with E-state index in [4.69, 9.17) is 0 Å². The summed E-state index contributed by atoms with van der Waals surface area (Å²) in [5.41, 5.74) is 2.08. The maximum atomic E-state index is 12.2. The summed E-state index contributed by atoms with van der Waals surface area (Å²) in [5.74, 6) is 0.503.